The van der Waals surface area contributed by atoms with Crippen LogP contribution in [0.1, 0.15) is 11.1 Å². The zero-order valence-corrected chi connectivity index (χ0v) is 10.5. The molecule has 2 aromatic carbocycles. The highest BCUT2D eigenvalue weighted by molar-refractivity contribution is 5.64. The van der Waals surface area contributed by atoms with Crippen molar-refractivity contribution in [2.24, 2.45) is 0 Å². The maximum absolute atomic E-state index is 13.0. The van der Waals surface area contributed by atoms with Crippen LogP contribution in [0.5, 0.6) is 0 Å². The molecule has 0 spiro atoms. The van der Waals surface area contributed by atoms with Crippen LogP contribution in [0.15, 0.2) is 55.1 Å². The highest BCUT2D eigenvalue weighted by atomic mass is 19.2. The Balaban J connectivity index is 1.87. The molecule has 3 heteroatoms. The molecule has 0 amide bonds. The van der Waals surface area contributed by atoms with Crippen molar-refractivity contribution in [2.45, 2.75) is 6.54 Å². The molecule has 0 bridgehead atoms. The molecule has 0 unspecified atom stereocenters. The van der Waals surface area contributed by atoms with Gasteiger partial charge in [-0.15, -0.1) is 0 Å². The highest BCUT2D eigenvalue weighted by Crippen LogP contribution is 2.11. The van der Waals surface area contributed by atoms with E-state index >= 15 is 0 Å². The Morgan fingerprint density at radius 3 is 2.42 bits per heavy atom. The van der Waals surface area contributed by atoms with Gasteiger partial charge in [-0.3, -0.25) is 0 Å². The molecule has 0 radical (unpaired) electrons. The molecule has 1 nitrogen and oxygen atoms in total. The van der Waals surface area contributed by atoms with E-state index in [4.69, 9.17) is 0 Å². The van der Waals surface area contributed by atoms with Crippen LogP contribution < -0.4 is 5.32 Å². The lowest BCUT2D eigenvalue weighted by atomic mass is 10.1. The van der Waals surface area contributed by atoms with Gasteiger partial charge in [0, 0.05) is 13.1 Å². The van der Waals surface area contributed by atoms with Crippen LogP contribution in [0, 0.1) is 11.6 Å². The van der Waals surface area contributed by atoms with Crippen molar-refractivity contribution in [3.63, 3.8) is 0 Å². The zero-order chi connectivity index (χ0) is 13.7. The molecular weight excluding hydrogens is 244 g/mol. The summed E-state index contributed by atoms with van der Waals surface area (Å²) >= 11 is 0. The summed E-state index contributed by atoms with van der Waals surface area (Å²) in [6, 6.07) is 13.7. The van der Waals surface area contributed by atoms with E-state index in [1.54, 1.807) is 6.07 Å². The Morgan fingerprint density at radius 1 is 1.00 bits per heavy atom. The van der Waals surface area contributed by atoms with Crippen LogP contribution >= 0.6 is 0 Å². The third-order valence-corrected chi connectivity index (χ3v) is 2.83. The summed E-state index contributed by atoms with van der Waals surface area (Å²) in [5, 5.41) is 3.16. The first-order valence-corrected chi connectivity index (χ1v) is 6.04. The van der Waals surface area contributed by atoms with E-state index in [-0.39, 0.29) is 0 Å². The third kappa shape index (κ3) is 3.73. The van der Waals surface area contributed by atoms with Crippen LogP contribution in [0.2, 0.25) is 0 Å². The van der Waals surface area contributed by atoms with Crippen molar-refractivity contribution in [3.05, 3.63) is 77.9 Å². The number of nitrogens with one attached hydrogen (secondary N) is 1. The lowest BCUT2D eigenvalue weighted by molar-refractivity contribution is 0.506. The standard InChI is InChI=1S/C16H15F2N/c1-12(14-5-3-2-4-6-14)10-19-11-13-7-8-15(17)16(18)9-13/h2-9,19H,1,10-11H2. The topological polar surface area (TPSA) is 12.0 Å². The molecule has 2 rings (SSSR count). The number of hydrogen-bond acceptors (Lipinski definition) is 1. The normalized spacial score (nSPS) is 10.4. The second kappa shape index (κ2) is 6.25. The monoisotopic (exact) mass is 259 g/mol. The molecule has 0 fully saturated rings. The smallest absolute Gasteiger partial charge is 0.159 e. The maximum atomic E-state index is 13.0. The minimum absolute atomic E-state index is 0.475. The SMILES string of the molecule is C=C(CNCc1ccc(F)c(F)c1)c1ccccc1. The fraction of sp³-hybridized carbons (Fsp3) is 0.125. The van der Waals surface area contributed by atoms with E-state index in [0.717, 1.165) is 17.2 Å². The van der Waals surface area contributed by atoms with Gasteiger partial charge in [0.2, 0.25) is 0 Å². The van der Waals surface area contributed by atoms with Gasteiger partial charge in [0.15, 0.2) is 11.6 Å². The fourth-order valence-corrected chi connectivity index (χ4v) is 1.78. The first-order valence-electron chi connectivity index (χ1n) is 6.04. The van der Waals surface area contributed by atoms with Gasteiger partial charge in [0.1, 0.15) is 0 Å². The summed E-state index contributed by atoms with van der Waals surface area (Å²) in [5.41, 5.74) is 2.74. The Hall–Kier alpha value is -2.00. The summed E-state index contributed by atoms with van der Waals surface area (Å²) in [6.45, 7) is 5.07. The number of halogens is 2. The molecule has 1 N–H and O–H groups in total. The molecule has 19 heavy (non-hydrogen) atoms. The van der Waals surface area contributed by atoms with E-state index in [2.05, 4.69) is 11.9 Å². The van der Waals surface area contributed by atoms with Crippen LogP contribution in [-0.4, -0.2) is 6.54 Å². The second-order valence-electron chi connectivity index (χ2n) is 4.32. The molecule has 0 aromatic heterocycles. The van der Waals surface area contributed by atoms with Gasteiger partial charge >= 0.3 is 0 Å². The van der Waals surface area contributed by atoms with Gasteiger partial charge in [-0.1, -0.05) is 43.0 Å². The largest absolute Gasteiger partial charge is 0.309 e. The minimum atomic E-state index is -0.822. The number of hydrogen-bond donors (Lipinski definition) is 1. The molecule has 0 heterocycles. The summed E-state index contributed by atoms with van der Waals surface area (Å²) in [5.74, 6) is -1.64. The summed E-state index contributed by atoms with van der Waals surface area (Å²) in [6.07, 6.45) is 0. The van der Waals surface area contributed by atoms with E-state index in [1.807, 2.05) is 30.3 Å². The molecule has 0 atom stereocenters. The van der Waals surface area contributed by atoms with E-state index in [1.165, 1.54) is 6.07 Å². The lowest BCUT2D eigenvalue weighted by Crippen LogP contribution is -2.15. The summed E-state index contributed by atoms with van der Waals surface area (Å²) in [4.78, 5) is 0. The summed E-state index contributed by atoms with van der Waals surface area (Å²) < 4.78 is 25.8. The van der Waals surface area contributed by atoms with Gasteiger partial charge in [0.05, 0.1) is 0 Å². The van der Waals surface area contributed by atoms with Crippen molar-refractivity contribution in [1.82, 2.24) is 5.32 Å². The quantitative estimate of drug-likeness (QED) is 0.862. The van der Waals surface area contributed by atoms with Gasteiger partial charge in [0.25, 0.3) is 0 Å². The van der Waals surface area contributed by atoms with Crippen LogP contribution in [-0.2, 0) is 6.54 Å². The number of benzene rings is 2. The fourth-order valence-electron chi connectivity index (χ4n) is 1.78. The molecule has 98 valence electrons. The first kappa shape index (κ1) is 13.4. The van der Waals surface area contributed by atoms with Crippen LogP contribution in [0.3, 0.4) is 0 Å². The lowest BCUT2D eigenvalue weighted by Gasteiger charge is -2.08. The third-order valence-electron chi connectivity index (χ3n) is 2.83. The van der Waals surface area contributed by atoms with E-state index in [9.17, 15) is 8.78 Å². The maximum Gasteiger partial charge on any atom is 0.159 e. The van der Waals surface area contributed by atoms with Crippen molar-refractivity contribution in [1.29, 1.82) is 0 Å². The molecule has 0 aliphatic carbocycles. The number of rotatable bonds is 5. The van der Waals surface area contributed by atoms with Crippen molar-refractivity contribution in [3.8, 4) is 0 Å². The average molecular weight is 259 g/mol. The molecule has 0 aliphatic rings. The molecule has 0 saturated carbocycles. The van der Waals surface area contributed by atoms with Crippen molar-refractivity contribution < 1.29 is 8.78 Å². The average Bonchev–Trinajstić information content (AvgIpc) is 2.43. The van der Waals surface area contributed by atoms with Crippen molar-refractivity contribution >= 4 is 5.57 Å². The molecule has 2 aromatic rings. The second-order valence-corrected chi connectivity index (χ2v) is 4.32. The van der Waals surface area contributed by atoms with Gasteiger partial charge in [-0.25, -0.2) is 8.78 Å². The van der Waals surface area contributed by atoms with Crippen LogP contribution in [0.25, 0.3) is 5.57 Å². The Kier molecular flexibility index (Phi) is 4.42. The molecular formula is C16H15F2N. The van der Waals surface area contributed by atoms with Gasteiger partial charge in [-0.2, -0.15) is 0 Å². The molecule has 0 aliphatic heterocycles. The molecule has 0 saturated heterocycles. The highest BCUT2D eigenvalue weighted by Gasteiger charge is 2.02. The summed E-state index contributed by atoms with van der Waals surface area (Å²) in [7, 11) is 0. The van der Waals surface area contributed by atoms with Gasteiger partial charge < -0.3 is 5.32 Å². The predicted octanol–water partition coefficient (Wildman–Crippen LogP) is 3.77. The predicted molar refractivity (Wildman–Crippen MR) is 73.5 cm³/mol. The van der Waals surface area contributed by atoms with Crippen molar-refractivity contribution in [2.75, 3.05) is 6.54 Å². The van der Waals surface area contributed by atoms with E-state index in [0.29, 0.717) is 18.7 Å². The Labute approximate surface area is 111 Å². The van der Waals surface area contributed by atoms with Gasteiger partial charge in [-0.05, 0) is 28.8 Å². The van der Waals surface area contributed by atoms with E-state index < -0.39 is 11.6 Å². The minimum Gasteiger partial charge on any atom is -0.309 e. The first-order chi connectivity index (χ1) is 9.16. The Bertz CT molecular complexity index is 564. The Morgan fingerprint density at radius 2 is 1.74 bits per heavy atom. The van der Waals surface area contributed by atoms with Crippen LogP contribution in [0.4, 0.5) is 8.78 Å². The zero-order valence-electron chi connectivity index (χ0n) is 10.5.